The smallest absolute Gasteiger partial charge is 0.236 e. The van der Waals surface area contributed by atoms with Crippen LogP contribution >= 0.6 is 37.7 Å². The van der Waals surface area contributed by atoms with E-state index < -0.39 is 20.3 Å². The first-order valence-electron chi connectivity index (χ1n) is 18.1. The Balaban J connectivity index is 1.62. The minimum Gasteiger partial charge on any atom is -0.503 e. The Morgan fingerprint density at radius 1 is 0.393 bits per heavy atom. The number of hydrogen-bond donors (Lipinski definition) is 2. The summed E-state index contributed by atoms with van der Waals surface area (Å²) in [4.78, 5) is 15.9. The van der Waals surface area contributed by atoms with Gasteiger partial charge in [0.05, 0.1) is 15.6 Å². The first kappa shape index (κ1) is 37.4. The molecule has 8 rings (SSSR count). The molecule has 0 saturated carbocycles. The summed E-state index contributed by atoms with van der Waals surface area (Å²) in [7, 11) is -6.45. The highest BCUT2D eigenvalue weighted by atomic mass is 35.5. The van der Waals surface area contributed by atoms with Crippen LogP contribution in [0.2, 0.25) is 10.0 Å². The van der Waals surface area contributed by atoms with Gasteiger partial charge in [-0.1, -0.05) is 138 Å². The number of Topliss-reactive ketones (excluding diaryl/α,β-unsaturated/α-hetero) is 1. The highest BCUT2D eigenvalue weighted by Gasteiger charge is 2.63. The van der Waals surface area contributed by atoms with Crippen molar-refractivity contribution in [2.24, 2.45) is 0 Å². The molecule has 56 heavy (non-hydrogen) atoms. The van der Waals surface area contributed by atoms with Crippen molar-refractivity contribution in [2.75, 3.05) is 0 Å². The maximum Gasteiger partial charge on any atom is 0.236 e. The molecule has 0 heterocycles. The average Bonchev–Trinajstić information content (AvgIpc) is 3.26. The van der Waals surface area contributed by atoms with Crippen LogP contribution < -0.4 is 31.8 Å². The lowest BCUT2D eigenvalue weighted by atomic mass is 9.99. The SMILES string of the molecule is O=C1C([P+](c2ccccc2)(c2ccccc2)c2ccccc2)=C(O)C([P+](c2ccccc2)(c2ccccc2)c2ccccc2)=C(O)/C1=C/c1ccc(Cl)c(Cl)c1. The minimum absolute atomic E-state index is 0.0468. The van der Waals surface area contributed by atoms with Gasteiger partial charge in [-0.25, -0.2) is 0 Å². The maximum absolute atomic E-state index is 15.9. The molecule has 0 unspecified atom stereocenters. The molecule has 7 heteroatoms. The number of aliphatic hydroxyl groups is 2. The minimum atomic E-state index is -3.24. The molecule has 0 saturated heterocycles. The van der Waals surface area contributed by atoms with Crippen LogP contribution in [0.3, 0.4) is 0 Å². The quantitative estimate of drug-likeness (QED) is 0.113. The number of benzene rings is 7. The van der Waals surface area contributed by atoms with E-state index in [-0.39, 0.29) is 22.4 Å². The van der Waals surface area contributed by atoms with E-state index in [1.165, 1.54) is 0 Å². The second kappa shape index (κ2) is 15.9. The monoisotopic (exact) mass is 804 g/mol. The third-order valence-electron chi connectivity index (χ3n) is 10.2. The van der Waals surface area contributed by atoms with Crippen LogP contribution in [-0.4, -0.2) is 16.0 Å². The van der Waals surface area contributed by atoms with Crippen LogP contribution in [0.15, 0.2) is 228 Å². The third-order valence-corrected chi connectivity index (χ3v) is 19.5. The van der Waals surface area contributed by atoms with E-state index in [4.69, 9.17) is 23.2 Å². The Hall–Kier alpha value is -5.53. The van der Waals surface area contributed by atoms with Gasteiger partial charge in [-0.3, -0.25) is 4.79 Å². The van der Waals surface area contributed by atoms with Crippen molar-refractivity contribution >= 4 is 81.4 Å². The molecule has 0 aromatic heterocycles. The van der Waals surface area contributed by atoms with Crippen molar-refractivity contribution in [1.82, 2.24) is 0 Å². The summed E-state index contributed by atoms with van der Waals surface area (Å²) in [5.41, 5.74) is 0.617. The van der Waals surface area contributed by atoms with Crippen LogP contribution in [0.25, 0.3) is 6.08 Å². The number of carbonyl (C=O) groups excluding carboxylic acids is 1. The summed E-state index contributed by atoms with van der Waals surface area (Å²) in [6.07, 6.45) is 1.66. The fourth-order valence-electron chi connectivity index (χ4n) is 7.80. The van der Waals surface area contributed by atoms with Gasteiger partial charge in [0.25, 0.3) is 0 Å². The topological polar surface area (TPSA) is 57.5 Å². The summed E-state index contributed by atoms with van der Waals surface area (Å²) >= 11 is 12.9. The predicted molar refractivity (Wildman–Crippen MR) is 239 cm³/mol. The lowest BCUT2D eigenvalue weighted by molar-refractivity contribution is -0.111. The molecule has 0 radical (unpaired) electrons. The molecule has 0 bridgehead atoms. The zero-order chi connectivity index (χ0) is 38.7. The molecule has 1 aliphatic rings. The van der Waals surface area contributed by atoms with Crippen LogP contribution in [0.4, 0.5) is 0 Å². The molecular formula is C49H36Cl2O3P2+2. The van der Waals surface area contributed by atoms with Crippen molar-refractivity contribution in [3.05, 3.63) is 244 Å². The number of carbonyl (C=O) groups is 1. The predicted octanol–water partition coefficient (Wildman–Crippen LogP) is 10.5. The Morgan fingerprint density at radius 3 is 1.04 bits per heavy atom. The van der Waals surface area contributed by atoms with E-state index in [0.29, 0.717) is 20.9 Å². The molecule has 7 aromatic carbocycles. The van der Waals surface area contributed by atoms with E-state index in [1.807, 2.05) is 182 Å². The van der Waals surface area contributed by atoms with E-state index >= 15 is 4.79 Å². The number of halogens is 2. The number of ketones is 1. The van der Waals surface area contributed by atoms with Gasteiger partial charge in [0.15, 0.2) is 25.6 Å². The second-order valence-electron chi connectivity index (χ2n) is 13.3. The molecule has 2 N–H and O–H groups in total. The molecule has 0 aliphatic heterocycles. The molecule has 0 fully saturated rings. The maximum atomic E-state index is 15.9. The molecule has 272 valence electrons. The van der Waals surface area contributed by atoms with Gasteiger partial charge in [0.1, 0.15) is 31.8 Å². The normalized spacial score (nSPS) is 14.3. The molecule has 1 aliphatic carbocycles. The lowest BCUT2D eigenvalue weighted by Gasteiger charge is -2.35. The van der Waals surface area contributed by atoms with Gasteiger partial charge < -0.3 is 10.2 Å². The van der Waals surface area contributed by atoms with Crippen molar-refractivity contribution < 1.29 is 15.0 Å². The van der Waals surface area contributed by atoms with Crippen LogP contribution in [-0.2, 0) is 4.79 Å². The molecule has 7 aromatic rings. The highest BCUT2D eigenvalue weighted by molar-refractivity contribution is 8.01. The summed E-state index contributed by atoms with van der Waals surface area (Å²) in [5, 5.41) is 33.2. The zero-order valence-corrected chi connectivity index (χ0v) is 33.4. The summed E-state index contributed by atoms with van der Waals surface area (Å²) in [5.74, 6) is -1.000. The standard InChI is InChI=1S/C49H34Cl2O3P2/c50-43-32-31-35(34-44(43)51)33-42-45(52)48(55(36-19-7-1-8-20-36,37-21-9-2-10-22-37)38-23-11-3-12-24-38)47(54)49(46(42)53)56(39-25-13-4-14-26-39,40-27-15-5-16-28-40)41-29-17-6-18-30-41/h1-34H/p+2. The van der Waals surface area contributed by atoms with E-state index in [0.717, 1.165) is 31.8 Å². The van der Waals surface area contributed by atoms with Crippen LogP contribution in [0.1, 0.15) is 5.56 Å². The molecule has 3 nitrogen and oxygen atoms in total. The number of allylic oxidation sites excluding steroid dienone is 3. The second-order valence-corrected chi connectivity index (χ2v) is 20.8. The summed E-state index contributed by atoms with van der Waals surface area (Å²) in [6.45, 7) is 0. The fraction of sp³-hybridized carbons (Fsp3) is 0. The van der Waals surface area contributed by atoms with Gasteiger partial charge in [0, 0.05) is 0 Å². The van der Waals surface area contributed by atoms with Gasteiger partial charge in [-0.2, -0.15) is 0 Å². The number of rotatable bonds is 9. The van der Waals surface area contributed by atoms with E-state index in [1.54, 1.807) is 24.3 Å². The Labute approximate surface area is 338 Å². The summed E-state index contributed by atoms with van der Waals surface area (Å²) in [6, 6.07) is 65.0. The Morgan fingerprint density at radius 2 is 0.714 bits per heavy atom. The van der Waals surface area contributed by atoms with Gasteiger partial charge in [-0.05, 0) is 96.6 Å². The van der Waals surface area contributed by atoms with E-state index in [2.05, 4.69) is 0 Å². The first-order valence-corrected chi connectivity index (χ1v) is 22.4. The van der Waals surface area contributed by atoms with Gasteiger partial charge >= 0.3 is 0 Å². The van der Waals surface area contributed by atoms with E-state index in [9.17, 15) is 10.2 Å². The van der Waals surface area contributed by atoms with Crippen molar-refractivity contribution in [2.45, 2.75) is 0 Å². The van der Waals surface area contributed by atoms with Crippen molar-refractivity contribution in [3.63, 3.8) is 0 Å². The van der Waals surface area contributed by atoms with Gasteiger partial charge in [-0.15, -0.1) is 0 Å². The van der Waals surface area contributed by atoms with Gasteiger partial charge in [0.2, 0.25) is 16.9 Å². The van der Waals surface area contributed by atoms with Crippen molar-refractivity contribution in [3.8, 4) is 0 Å². The first-order chi connectivity index (χ1) is 27.4. The molecule has 0 atom stereocenters. The molecule has 0 spiro atoms. The Kier molecular flexibility index (Phi) is 10.6. The average molecular weight is 806 g/mol. The van der Waals surface area contributed by atoms with Crippen LogP contribution in [0, 0.1) is 0 Å². The van der Waals surface area contributed by atoms with Crippen LogP contribution in [0.5, 0.6) is 0 Å². The largest absolute Gasteiger partial charge is 0.503 e. The Bertz CT molecular complexity index is 2420. The third kappa shape index (κ3) is 6.32. The fourth-order valence-corrected chi connectivity index (χ4v) is 17.0. The molecule has 0 amide bonds. The zero-order valence-electron chi connectivity index (χ0n) is 30.1. The number of hydrogen-bond acceptors (Lipinski definition) is 3. The molecular weight excluding hydrogens is 769 g/mol. The summed E-state index contributed by atoms with van der Waals surface area (Å²) < 4.78 is 0. The highest BCUT2D eigenvalue weighted by Crippen LogP contribution is 2.72. The van der Waals surface area contributed by atoms with Crippen molar-refractivity contribution in [1.29, 1.82) is 0 Å². The lowest BCUT2D eigenvalue weighted by Crippen LogP contribution is -2.39. The number of aliphatic hydroxyl groups excluding tert-OH is 2.